The van der Waals surface area contributed by atoms with Crippen LogP contribution in [0.2, 0.25) is 0 Å². The number of carbonyl (C=O) groups excluding carboxylic acids is 3. The van der Waals surface area contributed by atoms with E-state index in [2.05, 4.69) is 5.32 Å². The molecule has 0 bridgehead atoms. The lowest BCUT2D eigenvalue weighted by atomic mass is 9.95. The van der Waals surface area contributed by atoms with Crippen LogP contribution in [0, 0.1) is 12.8 Å². The Hall–Kier alpha value is -2.37. The zero-order valence-electron chi connectivity index (χ0n) is 16.6. The van der Waals surface area contributed by atoms with Gasteiger partial charge in [0.25, 0.3) is 11.8 Å². The molecule has 2 aliphatic rings. The van der Waals surface area contributed by atoms with E-state index in [1.54, 1.807) is 4.90 Å². The van der Waals surface area contributed by atoms with E-state index in [-0.39, 0.29) is 36.4 Å². The fourth-order valence-electron chi connectivity index (χ4n) is 4.07. The van der Waals surface area contributed by atoms with Gasteiger partial charge in [-0.3, -0.25) is 14.4 Å². The molecular formula is C22H30N2O4. The molecule has 1 aliphatic heterocycles. The Morgan fingerprint density at radius 1 is 1.04 bits per heavy atom. The van der Waals surface area contributed by atoms with Crippen molar-refractivity contribution in [3.63, 3.8) is 0 Å². The summed E-state index contributed by atoms with van der Waals surface area (Å²) < 4.78 is 5.23. The molecule has 3 rings (SSSR count). The van der Waals surface area contributed by atoms with Gasteiger partial charge in [-0.05, 0) is 44.2 Å². The average Bonchev–Trinajstić information content (AvgIpc) is 2.73. The minimum Gasteiger partial charge on any atom is -0.455 e. The topological polar surface area (TPSA) is 75.7 Å². The number of esters is 1. The Balaban J connectivity index is 1.40. The molecular weight excluding hydrogens is 356 g/mol. The van der Waals surface area contributed by atoms with Crippen molar-refractivity contribution in [2.24, 2.45) is 5.92 Å². The molecule has 0 atom stereocenters. The molecule has 1 saturated heterocycles. The molecule has 0 aromatic heterocycles. The zero-order valence-corrected chi connectivity index (χ0v) is 16.6. The standard InChI is InChI=1S/C22H30N2O4/c1-16-7-5-6-10-19(16)21(26)24-13-11-17(12-14-24)22(27)28-15-20(25)23-18-8-3-2-4-9-18/h5-7,10,17-18H,2-4,8-9,11-15H2,1H3,(H,23,25). The van der Waals surface area contributed by atoms with Gasteiger partial charge in [-0.1, -0.05) is 37.5 Å². The van der Waals surface area contributed by atoms with Crippen LogP contribution in [0.4, 0.5) is 0 Å². The highest BCUT2D eigenvalue weighted by molar-refractivity contribution is 5.95. The number of benzene rings is 1. The molecule has 0 unspecified atom stereocenters. The molecule has 1 aromatic rings. The highest BCUT2D eigenvalue weighted by Gasteiger charge is 2.29. The Morgan fingerprint density at radius 3 is 2.39 bits per heavy atom. The monoisotopic (exact) mass is 386 g/mol. The number of hydrogen-bond acceptors (Lipinski definition) is 4. The van der Waals surface area contributed by atoms with Gasteiger partial charge in [-0.25, -0.2) is 0 Å². The van der Waals surface area contributed by atoms with E-state index in [9.17, 15) is 14.4 Å². The summed E-state index contributed by atoms with van der Waals surface area (Å²) in [5, 5.41) is 2.95. The highest BCUT2D eigenvalue weighted by Crippen LogP contribution is 2.21. The third-order valence-electron chi connectivity index (χ3n) is 5.81. The Kier molecular flexibility index (Phi) is 7.06. The van der Waals surface area contributed by atoms with E-state index in [1.807, 2.05) is 31.2 Å². The van der Waals surface area contributed by atoms with E-state index in [0.29, 0.717) is 31.5 Å². The number of likely N-dealkylation sites (tertiary alicyclic amines) is 1. The normalized spacial score (nSPS) is 18.5. The van der Waals surface area contributed by atoms with E-state index >= 15 is 0 Å². The van der Waals surface area contributed by atoms with Crippen molar-refractivity contribution in [1.29, 1.82) is 0 Å². The zero-order chi connectivity index (χ0) is 19.9. The molecule has 6 nitrogen and oxygen atoms in total. The highest BCUT2D eigenvalue weighted by atomic mass is 16.5. The number of aryl methyl sites for hydroxylation is 1. The summed E-state index contributed by atoms with van der Waals surface area (Å²) >= 11 is 0. The second-order valence-electron chi connectivity index (χ2n) is 7.89. The number of nitrogens with one attached hydrogen (secondary N) is 1. The van der Waals surface area contributed by atoms with Gasteiger partial charge < -0.3 is 15.0 Å². The molecule has 2 fully saturated rings. The summed E-state index contributed by atoms with van der Waals surface area (Å²) in [7, 11) is 0. The van der Waals surface area contributed by atoms with Crippen molar-refractivity contribution in [3.8, 4) is 0 Å². The van der Waals surface area contributed by atoms with Gasteiger partial charge in [-0.15, -0.1) is 0 Å². The second kappa shape index (κ2) is 9.71. The van der Waals surface area contributed by atoms with Crippen molar-refractivity contribution in [2.75, 3.05) is 19.7 Å². The van der Waals surface area contributed by atoms with Crippen molar-refractivity contribution in [3.05, 3.63) is 35.4 Å². The number of piperidine rings is 1. The molecule has 1 N–H and O–H groups in total. The molecule has 1 aromatic carbocycles. The summed E-state index contributed by atoms with van der Waals surface area (Å²) in [5.74, 6) is -0.783. The van der Waals surface area contributed by atoms with Crippen molar-refractivity contribution < 1.29 is 19.1 Å². The quantitative estimate of drug-likeness (QED) is 0.790. The van der Waals surface area contributed by atoms with Crippen LogP contribution in [-0.2, 0) is 14.3 Å². The first-order chi connectivity index (χ1) is 13.5. The maximum atomic E-state index is 12.7. The van der Waals surface area contributed by atoms with Crippen LogP contribution < -0.4 is 5.32 Å². The van der Waals surface area contributed by atoms with Gasteiger partial charge in [0.15, 0.2) is 6.61 Å². The predicted molar refractivity (Wildman–Crippen MR) is 106 cm³/mol. The summed E-state index contributed by atoms with van der Waals surface area (Å²) in [5.41, 5.74) is 1.67. The van der Waals surface area contributed by atoms with Crippen LogP contribution in [0.25, 0.3) is 0 Å². The summed E-state index contributed by atoms with van der Waals surface area (Å²) in [6, 6.07) is 7.76. The molecule has 6 heteroatoms. The number of rotatable bonds is 5. The number of nitrogens with zero attached hydrogens (tertiary/aromatic N) is 1. The predicted octanol–water partition coefficient (Wildman–Crippen LogP) is 2.84. The lowest BCUT2D eigenvalue weighted by Crippen LogP contribution is -2.42. The van der Waals surface area contributed by atoms with Crippen LogP contribution in [-0.4, -0.2) is 48.4 Å². The Bertz CT molecular complexity index is 704. The maximum Gasteiger partial charge on any atom is 0.309 e. The molecule has 1 heterocycles. The molecule has 152 valence electrons. The molecule has 0 radical (unpaired) electrons. The fraction of sp³-hybridized carbons (Fsp3) is 0.591. The molecule has 1 aliphatic carbocycles. The van der Waals surface area contributed by atoms with Gasteiger partial charge in [0, 0.05) is 24.7 Å². The largest absolute Gasteiger partial charge is 0.455 e. The van der Waals surface area contributed by atoms with Crippen LogP contribution in [0.5, 0.6) is 0 Å². The van der Waals surface area contributed by atoms with Gasteiger partial charge in [0.1, 0.15) is 0 Å². The first-order valence-electron chi connectivity index (χ1n) is 10.4. The van der Waals surface area contributed by atoms with Crippen LogP contribution in [0.15, 0.2) is 24.3 Å². The number of amides is 2. The smallest absolute Gasteiger partial charge is 0.309 e. The Morgan fingerprint density at radius 2 is 1.71 bits per heavy atom. The van der Waals surface area contributed by atoms with Crippen molar-refractivity contribution in [1.82, 2.24) is 10.2 Å². The number of ether oxygens (including phenoxy) is 1. The lowest BCUT2D eigenvalue weighted by molar-refractivity contribution is -0.154. The molecule has 2 amide bonds. The fourth-order valence-corrected chi connectivity index (χ4v) is 4.07. The van der Waals surface area contributed by atoms with Gasteiger partial charge in [0.05, 0.1) is 5.92 Å². The van der Waals surface area contributed by atoms with Gasteiger partial charge in [-0.2, -0.15) is 0 Å². The first-order valence-corrected chi connectivity index (χ1v) is 10.4. The minimum absolute atomic E-state index is 0.0109. The SMILES string of the molecule is Cc1ccccc1C(=O)N1CCC(C(=O)OCC(=O)NC2CCCCC2)CC1. The van der Waals surface area contributed by atoms with E-state index in [1.165, 1.54) is 6.42 Å². The summed E-state index contributed by atoms with van der Waals surface area (Å²) in [4.78, 5) is 38.7. The number of carbonyl (C=O) groups is 3. The van der Waals surface area contributed by atoms with E-state index in [4.69, 9.17) is 4.74 Å². The lowest BCUT2D eigenvalue weighted by Gasteiger charge is -2.31. The van der Waals surface area contributed by atoms with Gasteiger partial charge in [0.2, 0.25) is 0 Å². The minimum atomic E-state index is -0.332. The summed E-state index contributed by atoms with van der Waals surface area (Å²) in [6.45, 7) is 2.77. The van der Waals surface area contributed by atoms with Crippen LogP contribution >= 0.6 is 0 Å². The average molecular weight is 386 g/mol. The van der Waals surface area contributed by atoms with E-state index < -0.39 is 0 Å². The Labute approximate surface area is 166 Å². The van der Waals surface area contributed by atoms with Crippen molar-refractivity contribution >= 4 is 17.8 Å². The maximum absolute atomic E-state index is 12.7. The van der Waals surface area contributed by atoms with Crippen LogP contribution in [0.3, 0.4) is 0 Å². The second-order valence-corrected chi connectivity index (χ2v) is 7.89. The third-order valence-corrected chi connectivity index (χ3v) is 5.81. The number of hydrogen-bond donors (Lipinski definition) is 1. The third kappa shape index (κ3) is 5.33. The van der Waals surface area contributed by atoms with Crippen molar-refractivity contribution in [2.45, 2.75) is 57.9 Å². The van der Waals surface area contributed by atoms with Crippen LogP contribution in [0.1, 0.15) is 60.9 Å². The van der Waals surface area contributed by atoms with E-state index in [0.717, 1.165) is 31.2 Å². The van der Waals surface area contributed by atoms with Gasteiger partial charge >= 0.3 is 5.97 Å². The molecule has 28 heavy (non-hydrogen) atoms. The molecule has 1 saturated carbocycles. The first kappa shape index (κ1) is 20.4. The summed E-state index contributed by atoms with van der Waals surface area (Å²) in [6.07, 6.45) is 6.67. The molecule has 0 spiro atoms.